The molecule has 0 aliphatic carbocycles. The van der Waals surface area contributed by atoms with E-state index in [0.29, 0.717) is 0 Å². The van der Waals surface area contributed by atoms with Gasteiger partial charge >= 0.3 is 0 Å². The zero-order chi connectivity index (χ0) is 11.1. The second-order valence-electron chi connectivity index (χ2n) is 3.56. The highest BCUT2D eigenvalue weighted by Gasteiger charge is 1.97. The zero-order valence-corrected chi connectivity index (χ0v) is 10.9. The Hall–Kier alpha value is -0.410. The number of benzene rings is 1. The van der Waals surface area contributed by atoms with Crippen LogP contribution in [0.15, 0.2) is 28.7 Å². The number of rotatable bonds is 5. The molecule has 0 aliphatic rings. The van der Waals surface area contributed by atoms with Gasteiger partial charge in [0.25, 0.3) is 0 Å². The second-order valence-corrected chi connectivity index (χ2v) is 4.39. The number of hydrogen-bond acceptors (Lipinski definition) is 3. The van der Waals surface area contributed by atoms with Crippen LogP contribution in [0, 0.1) is 0 Å². The fourth-order valence-electron chi connectivity index (χ4n) is 1.41. The van der Waals surface area contributed by atoms with Crippen LogP contribution in [-0.2, 0) is 6.42 Å². The molecule has 0 amide bonds. The summed E-state index contributed by atoms with van der Waals surface area (Å²) in [6, 6.07) is 8.64. The zero-order valence-electron chi connectivity index (χ0n) is 9.23. The lowest BCUT2D eigenvalue weighted by atomic mass is 10.0. The normalized spacial score (nSPS) is 11.8. The maximum Gasteiger partial charge on any atom is 0.0538 e. The minimum atomic E-state index is 1.03. The molecule has 15 heavy (non-hydrogen) atoms. The molecule has 0 saturated heterocycles. The molecule has 0 heterocycles. The van der Waals surface area contributed by atoms with Crippen molar-refractivity contribution >= 4 is 28.4 Å². The Bertz CT molecular complexity index is 317. The Morgan fingerprint density at radius 1 is 1.33 bits per heavy atom. The molecule has 0 aromatic heterocycles. The first-order valence-corrected chi connectivity index (χ1v) is 7.05. The van der Waals surface area contributed by atoms with Gasteiger partial charge in [-0.3, -0.25) is 0 Å². The van der Waals surface area contributed by atoms with E-state index in [1.165, 1.54) is 41.4 Å². The number of hydrogen-bond donors (Lipinski definition) is 1. The van der Waals surface area contributed by atoms with Crippen molar-refractivity contribution < 1.29 is 0 Å². The van der Waals surface area contributed by atoms with Crippen LogP contribution >= 0.6 is 22.6 Å². The minimum absolute atomic E-state index is 1.03. The Balaban J connectivity index is 2.67. The Kier molecular flexibility index (Phi) is 5.88. The van der Waals surface area contributed by atoms with E-state index in [9.17, 15) is 0 Å². The average Bonchev–Trinajstić information content (AvgIpc) is 2.27. The Labute approximate surface area is 101 Å². The fourth-order valence-corrected chi connectivity index (χ4v) is 2.00. The van der Waals surface area contributed by atoms with Crippen LogP contribution < -0.4 is 0 Å². The highest BCUT2D eigenvalue weighted by molar-refractivity contribution is 8.68. The third-order valence-corrected chi connectivity index (χ3v) is 2.97. The summed E-state index contributed by atoms with van der Waals surface area (Å²) >= 11 is 4.01. The first-order valence-electron chi connectivity index (χ1n) is 5.22. The lowest BCUT2D eigenvalue weighted by Crippen LogP contribution is -1.93. The molecule has 0 N–H and O–H groups in total. The second kappa shape index (κ2) is 6.96. The molecule has 0 radical (unpaired) electrons. The molecule has 0 spiro atoms. The van der Waals surface area contributed by atoms with Gasteiger partial charge in [0.2, 0.25) is 0 Å². The van der Waals surface area contributed by atoms with Gasteiger partial charge < -0.3 is 0 Å². The van der Waals surface area contributed by atoms with Crippen molar-refractivity contribution in [1.82, 2.24) is 0 Å². The maximum absolute atomic E-state index is 4.18. The van der Waals surface area contributed by atoms with E-state index in [0.717, 1.165) is 5.71 Å². The highest BCUT2D eigenvalue weighted by Crippen LogP contribution is 2.13. The van der Waals surface area contributed by atoms with Crippen LogP contribution in [0.1, 0.15) is 37.8 Å². The van der Waals surface area contributed by atoms with E-state index in [1.807, 2.05) is 6.92 Å². The summed E-state index contributed by atoms with van der Waals surface area (Å²) in [6.45, 7) is 4.22. The molecular weight excluding hydrogens is 222 g/mol. The van der Waals surface area contributed by atoms with Crippen molar-refractivity contribution in [2.45, 2.75) is 33.1 Å². The third-order valence-electron chi connectivity index (χ3n) is 2.37. The Morgan fingerprint density at radius 3 is 2.53 bits per heavy atom. The van der Waals surface area contributed by atoms with Crippen molar-refractivity contribution in [3.63, 3.8) is 0 Å². The predicted octanol–water partition coefficient (Wildman–Crippen LogP) is 4.33. The van der Waals surface area contributed by atoms with Crippen LogP contribution in [0.5, 0.6) is 0 Å². The first kappa shape index (κ1) is 12.7. The van der Waals surface area contributed by atoms with Crippen LogP contribution in [0.3, 0.4) is 0 Å². The summed E-state index contributed by atoms with van der Waals surface area (Å²) < 4.78 is 4.18. The van der Waals surface area contributed by atoms with Gasteiger partial charge in [0.15, 0.2) is 0 Å². The molecular formula is C12H17NS2. The number of nitrogens with zero attached hydrogens (tertiary/aromatic N) is 1. The fraction of sp³-hybridized carbons (Fsp3) is 0.417. The number of thiol groups is 1. The largest absolute Gasteiger partial charge is 0.210 e. The molecule has 0 unspecified atom stereocenters. The molecule has 3 heteroatoms. The molecule has 0 bridgehead atoms. The maximum atomic E-state index is 4.18. The van der Waals surface area contributed by atoms with Gasteiger partial charge in [0.05, 0.1) is 5.71 Å². The van der Waals surface area contributed by atoms with Gasteiger partial charge in [-0.2, -0.15) is 0 Å². The van der Waals surface area contributed by atoms with E-state index in [1.54, 1.807) is 0 Å². The summed E-state index contributed by atoms with van der Waals surface area (Å²) in [6.07, 6.45) is 3.69. The molecule has 1 aromatic carbocycles. The molecule has 1 aromatic rings. The van der Waals surface area contributed by atoms with E-state index < -0.39 is 0 Å². The molecule has 0 aliphatic heterocycles. The lowest BCUT2D eigenvalue weighted by Gasteiger charge is -2.02. The summed E-state index contributed by atoms with van der Waals surface area (Å²) in [5.74, 6) is 0. The average molecular weight is 239 g/mol. The van der Waals surface area contributed by atoms with Gasteiger partial charge in [0, 0.05) is 11.0 Å². The molecule has 0 fully saturated rings. The minimum Gasteiger partial charge on any atom is -0.210 e. The smallest absolute Gasteiger partial charge is 0.0538 e. The van der Waals surface area contributed by atoms with Crippen molar-refractivity contribution in [2.75, 3.05) is 0 Å². The summed E-state index contributed by atoms with van der Waals surface area (Å²) in [5.41, 5.74) is 3.61. The van der Waals surface area contributed by atoms with Crippen molar-refractivity contribution in [2.24, 2.45) is 4.40 Å². The monoisotopic (exact) mass is 239 g/mol. The predicted molar refractivity (Wildman–Crippen MR) is 73.8 cm³/mol. The topological polar surface area (TPSA) is 12.4 Å². The van der Waals surface area contributed by atoms with Crippen molar-refractivity contribution in [1.29, 1.82) is 0 Å². The van der Waals surface area contributed by atoms with Gasteiger partial charge in [0.1, 0.15) is 0 Å². The molecule has 1 rings (SSSR count). The summed E-state index contributed by atoms with van der Waals surface area (Å²) in [4.78, 5) is 0. The van der Waals surface area contributed by atoms with E-state index in [4.69, 9.17) is 0 Å². The van der Waals surface area contributed by atoms with Gasteiger partial charge in [-0.15, -0.1) is 0 Å². The van der Waals surface area contributed by atoms with Gasteiger partial charge in [-0.25, -0.2) is 4.40 Å². The molecule has 82 valence electrons. The quantitative estimate of drug-likeness (QED) is 0.349. The van der Waals surface area contributed by atoms with Gasteiger partial charge in [-0.1, -0.05) is 49.3 Å². The SMILES string of the molecule is CCCCc1ccc(/C(C)=N/SS)cc1. The highest BCUT2D eigenvalue weighted by atomic mass is 33.1. The first-order chi connectivity index (χ1) is 7.27. The van der Waals surface area contributed by atoms with E-state index >= 15 is 0 Å². The van der Waals surface area contributed by atoms with Crippen LogP contribution in [0.2, 0.25) is 0 Å². The lowest BCUT2D eigenvalue weighted by molar-refractivity contribution is 0.795. The molecule has 0 atom stereocenters. The summed E-state index contributed by atoms with van der Waals surface area (Å²) in [5, 5.41) is 0. The molecule has 0 saturated carbocycles. The number of aryl methyl sites for hydroxylation is 1. The summed E-state index contributed by atoms with van der Waals surface area (Å²) in [7, 11) is 1.21. The van der Waals surface area contributed by atoms with Crippen molar-refractivity contribution in [3.05, 3.63) is 35.4 Å². The third kappa shape index (κ3) is 4.31. The standard InChI is InChI=1S/C12H17NS2/c1-3-4-5-11-6-8-12(9-7-11)10(2)13-15-14/h6-9,14H,3-5H2,1-2H3/b13-10+. The van der Waals surface area contributed by atoms with Crippen molar-refractivity contribution in [3.8, 4) is 0 Å². The van der Waals surface area contributed by atoms with Crippen LogP contribution in [-0.4, -0.2) is 5.71 Å². The van der Waals surface area contributed by atoms with E-state index in [2.05, 4.69) is 47.2 Å². The Morgan fingerprint density at radius 2 is 2.00 bits per heavy atom. The molecule has 1 nitrogen and oxygen atoms in total. The van der Waals surface area contributed by atoms with Crippen LogP contribution in [0.25, 0.3) is 0 Å². The van der Waals surface area contributed by atoms with Gasteiger partial charge in [-0.05, 0) is 30.9 Å². The van der Waals surface area contributed by atoms with E-state index in [-0.39, 0.29) is 0 Å². The van der Waals surface area contributed by atoms with Crippen LogP contribution in [0.4, 0.5) is 0 Å². The number of unbranched alkanes of at least 4 members (excludes halogenated alkanes) is 1.